The van der Waals surface area contributed by atoms with Crippen LogP contribution in [0, 0.1) is 0 Å². The molecule has 0 aliphatic rings. The van der Waals surface area contributed by atoms with Crippen molar-refractivity contribution >= 4 is 11.6 Å². The first-order valence-electron chi connectivity index (χ1n) is 6.51. The molecular weight excluding hydrogens is 256 g/mol. The Morgan fingerprint density at radius 3 is 2.42 bits per heavy atom. The lowest BCUT2D eigenvalue weighted by Crippen LogP contribution is -2.14. The fraction of sp³-hybridized carbons (Fsp3) is 0.312. The summed E-state index contributed by atoms with van der Waals surface area (Å²) in [6.07, 6.45) is 4.14. The minimum atomic E-state index is -0.0969. The maximum Gasteiger partial charge on any atom is 0.0637 e. The van der Waals surface area contributed by atoms with Gasteiger partial charge in [0.2, 0.25) is 0 Å². The van der Waals surface area contributed by atoms with Crippen LogP contribution in [0.3, 0.4) is 0 Å². The molecule has 3 heteroatoms. The van der Waals surface area contributed by atoms with Crippen LogP contribution in [0.4, 0.5) is 0 Å². The van der Waals surface area contributed by atoms with Gasteiger partial charge in [0.25, 0.3) is 0 Å². The number of rotatable bonds is 4. The topological polar surface area (TPSA) is 38.9 Å². The Morgan fingerprint density at radius 2 is 1.84 bits per heavy atom. The molecule has 2 N–H and O–H groups in total. The van der Waals surface area contributed by atoms with Crippen molar-refractivity contribution in [1.82, 2.24) is 4.98 Å². The third-order valence-corrected chi connectivity index (χ3v) is 3.62. The molecule has 2 rings (SSSR count). The van der Waals surface area contributed by atoms with Crippen molar-refractivity contribution in [3.05, 3.63) is 64.4 Å². The van der Waals surface area contributed by atoms with Gasteiger partial charge < -0.3 is 5.73 Å². The summed E-state index contributed by atoms with van der Waals surface area (Å²) in [5.41, 5.74) is 9.74. The molecule has 2 nitrogen and oxygen atoms in total. The van der Waals surface area contributed by atoms with Gasteiger partial charge in [0, 0.05) is 18.4 Å². The Labute approximate surface area is 119 Å². The number of nitrogens with zero attached hydrogens (tertiary/aromatic N) is 1. The van der Waals surface area contributed by atoms with Crippen molar-refractivity contribution in [2.75, 3.05) is 0 Å². The average molecular weight is 275 g/mol. The van der Waals surface area contributed by atoms with E-state index in [-0.39, 0.29) is 6.04 Å². The van der Waals surface area contributed by atoms with Gasteiger partial charge >= 0.3 is 0 Å². The molecule has 0 spiro atoms. The monoisotopic (exact) mass is 274 g/mol. The Hall–Kier alpha value is -1.38. The summed E-state index contributed by atoms with van der Waals surface area (Å²) in [4.78, 5) is 3.98. The number of halogens is 1. The van der Waals surface area contributed by atoms with Gasteiger partial charge in [-0.3, -0.25) is 4.98 Å². The van der Waals surface area contributed by atoms with Gasteiger partial charge in [-0.1, -0.05) is 49.7 Å². The average Bonchev–Trinajstić information content (AvgIpc) is 2.39. The largest absolute Gasteiger partial charge is 0.324 e. The summed E-state index contributed by atoms with van der Waals surface area (Å²) >= 11 is 6.11. The molecule has 0 saturated carbocycles. The second-order valence-corrected chi connectivity index (χ2v) is 5.51. The maximum absolute atomic E-state index is 6.21. The lowest BCUT2D eigenvalue weighted by atomic mass is 9.97. The molecule has 2 aromatic rings. The Morgan fingerprint density at radius 1 is 1.16 bits per heavy atom. The smallest absolute Gasteiger partial charge is 0.0637 e. The van der Waals surface area contributed by atoms with E-state index in [0.29, 0.717) is 10.9 Å². The van der Waals surface area contributed by atoms with E-state index in [1.807, 2.05) is 6.07 Å². The molecule has 19 heavy (non-hydrogen) atoms. The second-order valence-electron chi connectivity index (χ2n) is 5.10. The number of aromatic nitrogens is 1. The molecule has 1 unspecified atom stereocenters. The highest BCUT2D eigenvalue weighted by atomic mass is 35.5. The van der Waals surface area contributed by atoms with Gasteiger partial charge in [-0.05, 0) is 35.1 Å². The molecule has 0 bridgehead atoms. The normalized spacial score (nSPS) is 12.7. The molecule has 0 amide bonds. The molecule has 1 aromatic heterocycles. The van der Waals surface area contributed by atoms with Crippen molar-refractivity contribution in [2.45, 2.75) is 32.2 Å². The van der Waals surface area contributed by atoms with Gasteiger partial charge in [0.15, 0.2) is 0 Å². The highest BCUT2D eigenvalue weighted by Crippen LogP contribution is 2.23. The SMILES string of the molecule is CC(C)c1ccc(CC(N)c2ccncc2Cl)cc1. The van der Waals surface area contributed by atoms with Crippen molar-refractivity contribution in [3.8, 4) is 0 Å². The van der Waals surface area contributed by atoms with Crippen LogP contribution >= 0.6 is 11.6 Å². The Balaban J connectivity index is 2.11. The van der Waals surface area contributed by atoms with Crippen LogP contribution in [0.1, 0.15) is 42.5 Å². The fourth-order valence-corrected chi connectivity index (χ4v) is 2.35. The van der Waals surface area contributed by atoms with Crippen LogP contribution < -0.4 is 5.73 Å². The maximum atomic E-state index is 6.21. The van der Waals surface area contributed by atoms with Gasteiger partial charge in [0.05, 0.1) is 5.02 Å². The molecule has 0 aliphatic carbocycles. The first-order chi connectivity index (χ1) is 9.08. The standard InChI is InChI=1S/C16H19ClN2/c1-11(2)13-5-3-12(4-6-13)9-16(18)14-7-8-19-10-15(14)17/h3-8,10-11,16H,9,18H2,1-2H3. The summed E-state index contributed by atoms with van der Waals surface area (Å²) in [7, 11) is 0. The highest BCUT2D eigenvalue weighted by molar-refractivity contribution is 6.31. The summed E-state index contributed by atoms with van der Waals surface area (Å²) in [6.45, 7) is 4.38. The lowest BCUT2D eigenvalue weighted by molar-refractivity contribution is 0.720. The number of hydrogen-bond acceptors (Lipinski definition) is 2. The Kier molecular flexibility index (Phi) is 4.56. The van der Waals surface area contributed by atoms with Crippen molar-refractivity contribution in [3.63, 3.8) is 0 Å². The molecule has 100 valence electrons. The molecule has 0 fully saturated rings. The first-order valence-corrected chi connectivity index (χ1v) is 6.89. The predicted octanol–water partition coefficient (Wildman–Crippen LogP) is 4.10. The zero-order chi connectivity index (χ0) is 13.8. The van der Waals surface area contributed by atoms with Gasteiger partial charge in [-0.25, -0.2) is 0 Å². The van der Waals surface area contributed by atoms with E-state index >= 15 is 0 Å². The van der Waals surface area contributed by atoms with Gasteiger partial charge in [0.1, 0.15) is 0 Å². The Bertz CT molecular complexity index is 535. The molecule has 0 aliphatic heterocycles. The first kappa shape index (κ1) is 14.0. The van der Waals surface area contributed by atoms with Crippen LogP contribution in [0.25, 0.3) is 0 Å². The summed E-state index contributed by atoms with van der Waals surface area (Å²) in [6, 6.07) is 10.4. The zero-order valence-electron chi connectivity index (χ0n) is 11.3. The second kappa shape index (κ2) is 6.18. The molecule has 1 aromatic carbocycles. The highest BCUT2D eigenvalue weighted by Gasteiger charge is 2.11. The van der Waals surface area contributed by atoms with Crippen LogP contribution in [-0.4, -0.2) is 4.98 Å². The van der Waals surface area contributed by atoms with Crippen LogP contribution in [0.15, 0.2) is 42.7 Å². The summed E-state index contributed by atoms with van der Waals surface area (Å²) in [5, 5.41) is 0.633. The lowest BCUT2D eigenvalue weighted by Gasteiger charge is -2.14. The minimum absolute atomic E-state index is 0.0969. The predicted molar refractivity (Wildman–Crippen MR) is 80.4 cm³/mol. The van der Waals surface area contributed by atoms with E-state index < -0.39 is 0 Å². The van der Waals surface area contributed by atoms with E-state index in [1.54, 1.807) is 12.4 Å². The third kappa shape index (κ3) is 3.55. The van der Waals surface area contributed by atoms with E-state index in [4.69, 9.17) is 17.3 Å². The summed E-state index contributed by atoms with van der Waals surface area (Å²) in [5.74, 6) is 0.553. The molecule has 1 atom stereocenters. The van der Waals surface area contributed by atoms with Gasteiger partial charge in [-0.2, -0.15) is 0 Å². The fourth-order valence-electron chi connectivity index (χ4n) is 2.09. The van der Waals surface area contributed by atoms with E-state index in [1.165, 1.54) is 11.1 Å². The van der Waals surface area contributed by atoms with E-state index in [0.717, 1.165) is 12.0 Å². The minimum Gasteiger partial charge on any atom is -0.324 e. The van der Waals surface area contributed by atoms with E-state index in [2.05, 4.69) is 43.1 Å². The van der Waals surface area contributed by atoms with Crippen LogP contribution in [-0.2, 0) is 6.42 Å². The van der Waals surface area contributed by atoms with Crippen LogP contribution in [0.5, 0.6) is 0 Å². The molecule has 1 heterocycles. The van der Waals surface area contributed by atoms with Gasteiger partial charge in [-0.15, -0.1) is 0 Å². The quantitative estimate of drug-likeness (QED) is 0.912. The zero-order valence-corrected chi connectivity index (χ0v) is 12.1. The van der Waals surface area contributed by atoms with Crippen molar-refractivity contribution in [1.29, 1.82) is 0 Å². The number of nitrogens with two attached hydrogens (primary N) is 1. The van der Waals surface area contributed by atoms with Crippen molar-refractivity contribution < 1.29 is 0 Å². The third-order valence-electron chi connectivity index (χ3n) is 3.31. The molecule has 0 radical (unpaired) electrons. The summed E-state index contributed by atoms with van der Waals surface area (Å²) < 4.78 is 0. The number of hydrogen-bond donors (Lipinski definition) is 1. The molecular formula is C16H19ClN2. The number of benzene rings is 1. The number of pyridine rings is 1. The molecule has 0 saturated heterocycles. The van der Waals surface area contributed by atoms with E-state index in [9.17, 15) is 0 Å². The van der Waals surface area contributed by atoms with Crippen LogP contribution in [0.2, 0.25) is 5.02 Å². The van der Waals surface area contributed by atoms with Crippen molar-refractivity contribution in [2.24, 2.45) is 5.73 Å².